The van der Waals surface area contributed by atoms with E-state index in [9.17, 15) is 14.4 Å². The van der Waals surface area contributed by atoms with E-state index in [2.05, 4.69) is 31.9 Å². The van der Waals surface area contributed by atoms with Crippen molar-refractivity contribution in [1.29, 1.82) is 0 Å². The number of carbonyl (C=O) groups is 3. The Hall–Kier alpha value is -3.10. The summed E-state index contributed by atoms with van der Waals surface area (Å²) in [5.74, 6) is -0.875. The molecule has 2 heterocycles. The van der Waals surface area contributed by atoms with Crippen LogP contribution < -0.4 is 5.32 Å². The Morgan fingerprint density at radius 3 is 2.40 bits per heavy atom. The van der Waals surface area contributed by atoms with Crippen LogP contribution >= 0.6 is 27.7 Å². The maximum Gasteiger partial charge on any atom is 0.294 e. The van der Waals surface area contributed by atoms with Gasteiger partial charge in [-0.25, -0.2) is 0 Å². The lowest BCUT2D eigenvalue weighted by atomic mass is 10.1. The molecule has 0 spiro atoms. The number of nitrogens with zero attached hydrogens (tertiary/aromatic N) is 2. The molecule has 1 aliphatic heterocycles. The van der Waals surface area contributed by atoms with Crippen molar-refractivity contribution < 1.29 is 14.4 Å². The smallest absolute Gasteiger partial charge is 0.294 e. The molecule has 1 fully saturated rings. The third-order valence-corrected chi connectivity index (χ3v) is 7.92. The van der Waals surface area contributed by atoms with Gasteiger partial charge in [0.2, 0.25) is 5.91 Å². The van der Waals surface area contributed by atoms with Crippen molar-refractivity contribution in [1.82, 2.24) is 9.47 Å². The third-order valence-electron chi connectivity index (χ3n) is 6.12. The van der Waals surface area contributed by atoms with E-state index in [4.69, 9.17) is 0 Å². The SMILES string of the molecule is Cc1ccc(NC(=O)CN2C(=O)S/C(=C/c3cc(C)n(-c4ccc(Br)c(C)c4)c3C)C2=O)cc1C. The average molecular weight is 552 g/mol. The summed E-state index contributed by atoms with van der Waals surface area (Å²) in [5, 5.41) is 2.32. The Balaban J connectivity index is 1.53. The van der Waals surface area contributed by atoms with Gasteiger partial charge in [-0.1, -0.05) is 22.0 Å². The number of aryl methyl sites for hydroxylation is 4. The van der Waals surface area contributed by atoms with E-state index >= 15 is 0 Å². The Morgan fingerprint density at radius 1 is 0.971 bits per heavy atom. The molecule has 0 radical (unpaired) electrons. The van der Waals surface area contributed by atoms with E-state index in [0.29, 0.717) is 10.6 Å². The topological polar surface area (TPSA) is 71.4 Å². The number of amides is 3. The minimum Gasteiger partial charge on any atom is -0.325 e. The fourth-order valence-corrected chi connectivity index (χ4v) is 5.12. The quantitative estimate of drug-likeness (QED) is 0.369. The number of rotatable bonds is 5. The van der Waals surface area contributed by atoms with Crippen LogP contribution in [0.1, 0.15) is 33.6 Å². The molecule has 8 heteroatoms. The first-order valence-electron chi connectivity index (χ1n) is 11.1. The fourth-order valence-electron chi connectivity index (χ4n) is 4.04. The van der Waals surface area contributed by atoms with Crippen LogP contribution in [0.15, 0.2) is 51.8 Å². The van der Waals surface area contributed by atoms with E-state index in [1.807, 2.05) is 65.0 Å². The van der Waals surface area contributed by atoms with Gasteiger partial charge in [-0.2, -0.15) is 0 Å². The number of halogens is 1. The summed E-state index contributed by atoms with van der Waals surface area (Å²) in [7, 11) is 0. The maximum absolute atomic E-state index is 13.0. The minimum absolute atomic E-state index is 0.307. The van der Waals surface area contributed by atoms with E-state index in [1.54, 1.807) is 12.1 Å². The predicted molar refractivity (Wildman–Crippen MR) is 145 cm³/mol. The Morgan fingerprint density at radius 2 is 1.71 bits per heavy atom. The highest BCUT2D eigenvalue weighted by atomic mass is 79.9. The van der Waals surface area contributed by atoms with Gasteiger partial charge in [0, 0.05) is 27.2 Å². The summed E-state index contributed by atoms with van der Waals surface area (Å²) in [5.41, 5.74) is 7.78. The van der Waals surface area contributed by atoms with E-state index in [-0.39, 0.29) is 6.54 Å². The predicted octanol–water partition coefficient (Wildman–Crippen LogP) is 6.46. The highest BCUT2D eigenvalue weighted by Crippen LogP contribution is 2.34. The molecular formula is C27H26BrN3O3S. The molecule has 0 bridgehead atoms. The van der Waals surface area contributed by atoms with Gasteiger partial charge in [0.15, 0.2) is 0 Å². The van der Waals surface area contributed by atoms with Crippen LogP contribution in [0.5, 0.6) is 0 Å². The third kappa shape index (κ3) is 5.13. The molecule has 1 aromatic heterocycles. The van der Waals surface area contributed by atoms with Crippen molar-refractivity contribution in [2.75, 3.05) is 11.9 Å². The van der Waals surface area contributed by atoms with Crippen LogP contribution in [0.2, 0.25) is 0 Å². The molecule has 4 rings (SSSR count). The highest BCUT2D eigenvalue weighted by molar-refractivity contribution is 9.10. The first-order valence-corrected chi connectivity index (χ1v) is 12.7. The maximum atomic E-state index is 13.0. The number of carbonyl (C=O) groups excluding carboxylic acids is 3. The molecule has 0 aliphatic carbocycles. The number of thioether (sulfide) groups is 1. The van der Waals surface area contributed by atoms with Crippen LogP contribution in [0.25, 0.3) is 11.8 Å². The summed E-state index contributed by atoms with van der Waals surface area (Å²) in [6.07, 6.45) is 1.73. The first-order chi connectivity index (χ1) is 16.5. The van der Waals surface area contributed by atoms with Gasteiger partial charge in [0.1, 0.15) is 6.54 Å². The molecule has 180 valence electrons. The number of hydrogen-bond donors (Lipinski definition) is 1. The highest BCUT2D eigenvalue weighted by Gasteiger charge is 2.36. The molecule has 0 saturated carbocycles. The van der Waals surface area contributed by atoms with Crippen LogP contribution in [0.3, 0.4) is 0 Å². The normalized spacial score (nSPS) is 14.8. The monoisotopic (exact) mass is 551 g/mol. The summed E-state index contributed by atoms with van der Waals surface area (Å²) in [4.78, 5) is 39.4. The summed E-state index contributed by atoms with van der Waals surface area (Å²) >= 11 is 4.39. The molecule has 35 heavy (non-hydrogen) atoms. The van der Waals surface area contributed by atoms with Crippen molar-refractivity contribution in [3.63, 3.8) is 0 Å². The summed E-state index contributed by atoms with van der Waals surface area (Å²) in [6, 6.07) is 13.7. The lowest BCUT2D eigenvalue weighted by molar-refractivity contribution is -0.127. The first kappa shape index (κ1) is 25.0. The zero-order valence-corrected chi connectivity index (χ0v) is 22.6. The van der Waals surface area contributed by atoms with Crippen LogP contribution in [-0.2, 0) is 9.59 Å². The molecule has 3 aromatic rings. The zero-order valence-electron chi connectivity index (χ0n) is 20.2. The summed E-state index contributed by atoms with van der Waals surface area (Å²) < 4.78 is 3.16. The van der Waals surface area contributed by atoms with Gasteiger partial charge < -0.3 is 9.88 Å². The lowest BCUT2D eigenvalue weighted by Gasteiger charge is -2.13. The van der Waals surface area contributed by atoms with Gasteiger partial charge in [-0.15, -0.1) is 0 Å². The second-order valence-corrected chi connectivity index (χ2v) is 10.6. The molecule has 1 N–H and O–H groups in total. The Kier molecular flexibility index (Phi) is 7.05. The number of anilines is 1. The van der Waals surface area contributed by atoms with Gasteiger partial charge in [0.25, 0.3) is 11.1 Å². The lowest BCUT2D eigenvalue weighted by Crippen LogP contribution is -2.36. The number of nitrogens with one attached hydrogen (secondary N) is 1. The molecular weight excluding hydrogens is 526 g/mol. The van der Waals surface area contributed by atoms with Crippen molar-refractivity contribution in [2.24, 2.45) is 0 Å². The van der Waals surface area contributed by atoms with E-state index in [0.717, 1.165) is 60.5 Å². The van der Waals surface area contributed by atoms with Crippen LogP contribution in [0.4, 0.5) is 10.5 Å². The molecule has 1 saturated heterocycles. The van der Waals surface area contributed by atoms with Gasteiger partial charge in [0.05, 0.1) is 4.91 Å². The largest absolute Gasteiger partial charge is 0.325 e. The minimum atomic E-state index is -0.459. The number of benzene rings is 2. The van der Waals surface area contributed by atoms with Crippen molar-refractivity contribution in [3.05, 3.63) is 85.5 Å². The van der Waals surface area contributed by atoms with Gasteiger partial charge >= 0.3 is 0 Å². The average Bonchev–Trinajstić information content (AvgIpc) is 3.22. The number of hydrogen-bond acceptors (Lipinski definition) is 4. The van der Waals surface area contributed by atoms with Crippen molar-refractivity contribution in [3.8, 4) is 5.69 Å². The van der Waals surface area contributed by atoms with Crippen LogP contribution in [-0.4, -0.2) is 33.1 Å². The van der Waals surface area contributed by atoms with Gasteiger partial charge in [-0.05, 0) is 111 Å². The summed E-state index contributed by atoms with van der Waals surface area (Å²) in [6.45, 7) is 9.65. The van der Waals surface area contributed by atoms with E-state index in [1.165, 1.54) is 0 Å². The Bertz CT molecular complexity index is 1410. The molecule has 1 aliphatic rings. The van der Waals surface area contributed by atoms with E-state index < -0.39 is 17.1 Å². The molecule has 6 nitrogen and oxygen atoms in total. The van der Waals surface area contributed by atoms with Gasteiger partial charge in [-0.3, -0.25) is 19.3 Å². The number of aromatic nitrogens is 1. The van der Waals surface area contributed by atoms with Crippen molar-refractivity contribution in [2.45, 2.75) is 34.6 Å². The standard InChI is InChI=1S/C27H26BrN3O3S/c1-15-6-7-21(10-16(15)2)29-25(32)14-30-26(33)24(35-27(30)34)13-20-12-18(4)31(19(20)5)22-8-9-23(28)17(3)11-22/h6-13H,14H2,1-5H3,(H,29,32)/b24-13+. The second kappa shape index (κ2) is 9.87. The fraction of sp³-hybridized carbons (Fsp3) is 0.222. The number of imide groups is 1. The molecule has 0 atom stereocenters. The molecule has 2 aromatic carbocycles. The van der Waals surface area contributed by atoms with Crippen LogP contribution in [0, 0.1) is 34.6 Å². The molecule has 0 unspecified atom stereocenters. The second-order valence-electron chi connectivity index (χ2n) is 8.71. The molecule has 3 amide bonds. The Labute approximate surface area is 217 Å². The zero-order chi connectivity index (χ0) is 25.4. The van der Waals surface area contributed by atoms with Crippen molar-refractivity contribution >= 4 is 56.5 Å².